The molecule has 1 aromatic carbocycles. The summed E-state index contributed by atoms with van der Waals surface area (Å²) in [4.78, 5) is 14.1. The third-order valence-corrected chi connectivity index (χ3v) is 3.58. The molecule has 0 aliphatic carbocycles. The van der Waals surface area contributed by atoms with Crippen molar-refractivity contribution in [2.45, 2.75) is 0 Å². The monoisotopic (exact) mass is 237 g/mol. The number of para-hydroxylation sites is 1. The molecule has 4 heteroatoms. The van der Waals surface area contributed by atoms with Gasteiger partial charge in [0.1, 0.15) is 5.75 Å². The molecule has 0 bridgehead atoms. The molecule has 1 aliphatic rings. The highest BCUT2D eigenvalue weighted by atomic mass is 32.2. The van der Waals surface area contributed by atoms with Gasteiger partial charge in [-0.25, -0.2) is 0 Å². The molecule has 2 rings (SSSR count). The summed E-state index contributed by atoms with van der Waals surface area (Å²) in [7, 11) is 1.60. The van der Waals surface area contributed by atoms with Crippen molar-refractivity contribution in [1.82, 2.24) is 4.90 Å². The quantitative estimate of drug-likeness (QED) is 0.786. The SMILES string of the molecule is COc1ccccc1C(=O)N1CCSCC1. The Morgan fingerprint density at radius 3 is 2.69 bits per heavy atom. The fraction of sp³-hybridized carbons (Fsp3) is 0.417. The van der Waals surface area contributed by atoms with Crippen LogP contribution < -0.4 is 4.74 Å². The zero-order valence-corrected chi connectivity index (χ0v) is 10.1. The summed E-state index contributed by atoms with van der Waals surface area (Å²) in [5, 5.41) is 0. The standard InChI is InChI=1S/C12H15NO2S/c1-15-11-5-3-2-4-10(11)12(14)13-6-8-16-9-7-13/h2-5H,6-9H2,1H3. The first-order valence-corrected chi connectivity index (χ1v) is 6.48. The van der Waals surface area contributed by atoms with E-state index in [0.29, 0.717) is 11.3 Å². The molecule has 0 unspecified atom stereocenters. The fourth-order valence-corrected chi connectivity index (χ4v) is 2.66. The Hall–Kier alpha value is -1.16. The van der Waals surface area contributed by atoms with Crippen LogP contribution in [0.4, 0.5) is 0 Å². The van der Waals surface area contributed by atoms with E-state index in [2.05, 4.69) is 0 Å². The molecule has 1 aromatic rings. The van der Waals surface area contributed by atoms with Crippen molar-refractivity contribution in [2.24, 2.45) is 0 Å². The minimum atomic E-state index is 0.0813. The molecule has 0 radical (unpaired) electrons. The van der Waals surface area contributed by atoms with E-state index in [1.165, 1.54) is 0 Å². The van der Waals surface area contributed by atoms with Gasteiger partial charge in [-0.05, 0) is 12.1 Å². The predicted molar refractivity (Wildman–Crippen MR) is 66.2 cm³/mol. The number of nitrogens with zero attached hydrogens (tertiary/aromatic N) is 1. The number of methoxy groups -OCH3 is 1. The van der Waals surface area contributed by atoms with Crippen LogP contribution in [0.15, 0.2) is 24.3 Å². The Morgan fingerprint density at radius 2 is 2.00 bits per heavy atom. The lowest BCUT2D eigenvalue weighted by atomic mass is 10.1. The zero-order valence-electron chi connectivity index (χ0n) is 9.31. The van der Waals surface area contributed by atoms with E-state index in [1.807, 2.05) is 40.9 Å². The summed E-state index contributed by atoms with van der Waals surface area (Å²) >= 11 is 1.90. The van der Waals surface area contributed by atoms with E-state index in [9.17, 15) is 4.79 Å². The number of ether oxygens (including phenoxy) is 1. The molecular formula is C12H15NO2S. The Kier molecular flexibility index (Phi) is 3.72. The highest BCUT2D eigenvalue weighted by Crippen LogP contribution is 2.21. The Morgan fingerprint density at radius 1 is 1.31 bits per heavy atom. The number of rotatable bonds is 2. The number of amides is 1. The van der Waals surface area contributed by atoms with Crippen molar-refractivity contribution in [1.29, 1.82) is 0 Å². The number of hydrogen-bond acceptors (Lipinski definition) is 3. The van der Waals surface area contributed by atoms with Gasteiger partial charge in [-0.15, -0.1) is 0 Å². The van der Waals surface area contributed by atoms with Crippen molar-refractivity contribution in [3.63, 3.8) is 0 Å². The number of carbonyl (C=O) groups excluding carboxylic acids is 1. The molecular weight excluding hydrogens is 222 g/mol. The lowest BCUT2D eigenvalue weighted by Crippen LogP contribution is -2.38. The van der Waals surface area contributed by atoms with Crippen molar-refractivity contribution in [3.05, 3.63) is 29.8 Å². The van der Waals surface area contributed by atoms with E-state index in [4.69, 9.17) is 4.74 Å². The predicted octanol–water partition coefficient (Wildman–Crippen LogP) is 1.88. The number of benzene rings is 1. The maximum atomic E-state index is 12.2. The Bertz CT molecular complexity index is 375. The van der Waals surface area contributed by atoms with E-state index in [0.717, 1.165) is 24.6 Å². The maximum Gasteiger partial charge on any atom is 0.257 e. The van der Waals surface area contributed by atoms with E-state index in [1.54, 1.807) is 7.11 Å². The average molecular weight is 237 g/mol. The largest absolute Gasteiger partial charge is 0.496 e. The zero-order chi connectivity index (χ0) is 11.4. The van der Waals surface area contributed by atoms with E-state index in [-0.39, 0.29) is 5.91 Å². The van der Waals surface area contributed by atoms with Crippen LogP contribution in [-0.2, 0) is 0 Å². The van der Waals surface area contributed by atoms with Gasteiger partial charge in [-0.3, -0.25) is 4.79 Å². The van der Waals surface area contributed by atoms with Crippen LogP contribution in [0.1, 0.15) is 10.4 Å². The summed E-state index contributed by atoms with van der Waals surface area (Å²) < 4.78 is 5.20. The van der Waals surface area contributed by atoms with Crippen molar-refractivity contribution >= 4 is 17.7 Å². The first kappa shape index (κ1) is 11.3. The molecule has 0 aromatic heterocycles. The van der Waals surface area contributed by atoms with Crippen LogP contribution in [0, 0.1) is 0 Å². The molecule has 1 amide bonds. The highest BCUT2D eigenvalue weighted by Gasteiger charge is 2.20. The minimum Gasteiger partial charge on any atom is -0.496 e. The Labute approximate surface area is 99.8 Å². The molecule has 1 heterocycles. The van der Waals surface area contributed by atoms with Crippen LogP contribution in [-0.4, -0.2) is 42.5 Å². The van der Waals surface area contributed by atoms with Crippen LogP contribution in [0.3, 0.4) is 0 Å². The van der Waals surface area contributed by atoms with Crippen LogP contribution in [0.25, 0.3) is 0 Å². The van der Waals surface area contributed by atoms with Crippen molar-refractivity contribution in [2.75, 3.05) is 31.7 Å². The molecule has 0 spiro atoms. The summed E-state index contributed by atoms with van der Waals surface area (Å²) in [6, 6.07) is 7.39. The third-order valence-electron chi connectivity index (χ3n) is 2.64. The molecule has 1 fully saturated rings. The lowest BCUT2D eigenvalue weighted by Gasteiger charge is -2.26. The molecule has 86 valence electrons. The summed E-state index contributed by atoms with van der Waals surface area (Å²) in [6.07, 6.45) is 0. The highest BCUT2D eigenvalue weighted by molar-refractivity contribution is 7.99. The first-order valence-electron chi connectivity index (χ1n) is 5.33. The molecule has 1 aliphatic heterocycles. The van der Waals surface area contributed by atoms with Gasteiger partial charge in [-0.2, -0.15) is 11.8 Å². The van der Waals surface area contributed by atoms with E-state index < -0.39 is 0 Å². The average Bonchev–Trinajstić information content (AvgIpc) is 2.39. The van der Waals surface area contributed by atoms with E-state index >= 15 is 0 Å². The van der Waals surface area contributed by atoms with Crippen LogP contribution in [0.5, 0.6) is 5.75 Å². The molecule has 16 heavy (non-hydrogen) atoms. The molecule has 1 saturated heterocycles. The fourth-order valence-electron chi connectivity index (χ4n) is 1.76. The number of thioether (sulfide) groups is 1. The minimum absolute atomic E-state index is 0.0813. The molecule has 0 saturated carbocycles. The second-order valence-electron chi connectivity index (χ2n) is 3.60. The van der Waals surface area contributed by atoms with Gasteiger partial charge >= 0.3 is 0 Å². The van der Waals surface area contributed by atoms with Gasteiger partial charge in [-0.1, -0.05) is 12.1 Å². The summed E-state index contributed by atoms with van der Waals surface area (Å²) in [5.41, 5.74) is 0.664. The smallest absolute Gasteiger partial charge is 0.257 e. The maximum absolute atomic E-state index is 12.2. The first-order chi connectivity index (χ1) is 7.83. The van der Waals surface area contributed by atoms with Crippen molar-refractivity contribution < 1.29 is 9.53 Å². The van der Waals surface area contributed by atoms with Crippen molar-refractivity contribution in [3.8, 4) is 5.75 Å². The second-order valence-corrected chi connectivity index (χ2v) is 4.83. The van der Waals surface area contributed by atoms with Gasteiger partial charge in [0.2, 0.25) is 0 Å². The topological polar surface area (TPSA) is 29.5 Å². The molecule has 0 N–H and O–H groups in total. The molecule has 3 nitrogen and oxygen atoms in total. The van der Waals surface area contributed by atoms with Gasteiger partial charge in [0.05, 0.1) is 12.7 Å². The van der Waals surface area contributed by atoms with Crippen LogP contribution >= 0.6 is 11.8 Å². The van der Waals surface area contributed by atoms with Crippen LogP contribution in [0.2, 0.25) is 0 Å². The molecule has 0 atom stereocenters. The third kappa shape index (κ3) is 2.32. The Balaban J connectivity index is 2.19. The summed E-state index contributed by atoms with van der Waals surface area (Å²) in [6.45, 7) is 1.67. The second kappa shape index (κ2) is 5.25. The van der Waals surface area contributed by atoms with Gasteiger partial charge in [0, 0.05) is 24.6 Å². The number of hydrogen-bond donors (Lipinski definition) is 0. The summed E-state index contributed by atoms with van der Waals surface area (Å²) in [5.74, 6) is 2.80. The normalized spacial score (nSPS) is 15.9. The van der Waals surface area contributed by atoms with Gasteiger partial charge in [0.15, 0.2) is 0 Å². The van der Waals surface area contributed by atoms with Gasteiger partial charge < -0.3 is 9.64 Å². The van der Waals surface area contributed by atoms with Gasteiger partial charge in [0.25, 0.3) is 5.91 Å². The lowest BCUT2D eigenvalue weighted by molar-refractivity contribution is 0.0769. The number of carbonyl (C=O) groups is 1.